The van der Waals surface area contributed by atoms with Crippen LogP contribution in [0.15, 0.2) is 12.7 Å². The van der Waals surface area contributed by atoms with Gasteiger partial charge in [-0.25, -0.2) is 4.79 Å². The van der Waals surface area contributed by atoms with Gasteiger partial charge in [-0.2, -0.15) is 0 Å². The van der Waals surface area contributed by atoms with Crippen LogP contribution < -0.4 is 5.32 Å². The molecule has 1 amide bonds. The minimum absolute atomic E-state index is 0.243. The van der Waals surface area contributed by atoms with Gasteiger partial charge in [0.15, 0.2) is 0 Å². The van der Waals surface area contributed by atoms with Crippen molar-refractivity contribution in [3.05, 3.63) is 12.7 Å². The van der Waals surface area contributed by atoms with Crippen molar-refractivity contribution in [2.45, 2.75) is 38.8 Å². The topological polar surface area (TPSA) is 75.6 Å². The van der Waals surface area contributed by atoms with Gasteiger partial charge in [0.1, 0.15) is 5.60 Å². The van der Waals surface area contributed by atoms with E-state index in [-0.39, 0.29) is 18.6 Å². The smallest absolute Gasteiger partial charge is 0.407 e. The van der Waals surface area contributed by atoms with Gasteiger partial charge in [0.25, 0.3) is 6.47 Å². The van der Waals surface area contributed by atoms with Gasteiger partial charge in [0.05, 0.1) is 0 Å². The van der Waals surface area contributed by atoms with Crippen molar-refractivity contribution < 1.29 is 19.4 Å². The van der Waals surface area contributed by atoms with Crippen molar-refractivity contribution in [3.8, 4) is 0 Å². The first-order chi connectivity index (χ1) is 7.34. The minimum Gasteiger partial charge on any atom is -0.483 e. The molecule has 2 N–H and O–H groups in total. The van der Waals surface area contributed by atoms with Crippen LogP contribution in [0, 0.1) is 5.92 Å². The third-order valence-electron chi connectivity index (χ3n) is 1.84. The second-order valence-electron chi connectivity index (χ2n) is 4.49. The highest BCUT2D eigenvalue weighted by Gasteiger charge is 2.36. The molecule has 0 radical (unpaired) electrons. The van der Waals surface area contributed by atoms with E-state index in [0.717, 1.165) is 6.42 Å². The molecule has 0 aromatic heterocycles. The summed E-state index contributed by atoms with van der Waals surface area (Å²) in [5.74, 6) is 0.438. The molecule has 0 heterocycles. The van der Waals surface area contributed by atoms with Gasteiger partial charge >= 0.3 is 6.09 Å². The third-order valence-corrected chi connectivity index (χ3v) is 1.84. The van der Waals surface area contributed by atoms with Gasteiger partial charge in [-0.05, 0) is 33.1 Å². The predicted octanol–water partition coefficient (Wildman–Crippen LogP) is 1.79. The van der Waals surface area contributed by atoms with Crippen LogP contribution in [0.5, 0.6) is 0 Å². The number of carbonyl (C=O) groups excluding carboxylic acids is 1. The largest absolute Gasteiger partial charge is 0.483 e. The number of hydrogen-bond donors (Lipinski definition) is 2. The lowest BCUT2D eigenvalue weighted by molar-refractivity contribution is -0.122. The zero-order valence-corrected chi connectivity index (χ0v) is 9.90. The molecule has 5 heteroatoms. The van der Waals surface area contributed by atoms with Gasteiger partial charge < -0.3 is 15.2 Å². The summed E-state index contributed by atoms with van der Waals surface area (Å²) in [6, 6.07) is 0.243. The Hall–Kier alpha value is -1.52. The van der Waals surface area contributed by atoms with Gasteiger partial charge in [0, 0.05) is 6.04 Å². The zero-order chi connectivity index (χ0) is 12.8. The molecular weight excluding hydrogens is 210 g/mol. The van der Waals surface area contributed by atoms with Crippen molar-refractivity contribution in [1.82, 2.24) is 5.32 Å². The Morgan fingerprint density at radius 3 is 2.38 bits per heavy atom. The fraction of sp³-hybridized carbons (Fsp3) is 0.636. The number of carboxylic acid groups (broad SMARTS) is 1. The Balaban J connectivity index is 0.000000673. The van der Waals surface area contributed by atoms with Gasteiger partial charge in [-0.1, -0.05) is 6.08 Å². The second kappa shape index (κ2) is 6.15. The average molecular weight is 229 g/mol. The van der Waals surface area contributed by atoms with Gasteiger partial charge in [-0.3, -0.25) is 4.79 Å². The molecule has 0 bridgehead atoms. The molecule has 92 valence electrons. The molecule has 5 nitrogen and oxygen atoms in total. The van der Waals surface area contributed by atoms with Gasteiger partial charge in [-0.15, -0.1) is 6.58 Å². The molecule has 1 aliphatic rings. The minimum atomic E-state index is -0.414. The normalized spacial score (nSPS) is 22.2. The summed E-state index contributed by atoms with van der Waals surface area (Å²) in [5.41, 5.74) is -0.414. The van der Waals surface area contributed by atoms with Crippen molar-refractivity contribution in [1.29, 1.82) is 0 Å². The number of amides is 1. The first kappa shape index (κ1) is 14.5. The summed E-state index contributed by atoms with van der Waals surface area (Å²) in [5, 5.41) is 9.67. The average Bonchev–Trinajstić information content (AvgIpc) is 2.80. The summed E-state index contributed by atoms with van der Waals surface area (Å²) in [6.45, 7) is 8.97. The zero-order valence-electron chi connectivity index (χ0n) is 9.90. The maximum absolute atomic E-state index is 11.2. The van der Waals surface area contributed by atoms with Crippen LogP contribution in [0.3, 0.4) is 0 Å². The number of rotatable bonds is 2. The summed E-state index contributed by atoms with van der Waals surface area (Å²) in [4.78, 5) is 19.6. The predicted molar refractivity (Wildman–Crippen MR) is 60.2 cm³/mol. The number of nitrogens with one attached hydrogen (secondary N) is 1. The Morgan fingerprint density at radius 1 is 1.56 bits per heavy atom. The van der Waals surface area contributed by atoms with E-state index >= 15 is 0 Å². The number of ether oxygens (including phenoxy) is 1. The monoisotopic (exact) mass is 229 g/mol. The molecule has 16 heavy (non-hydrogen) atoms. The molecule has 0 saturated heterocycles. The van der Waals surface area contributed by atoms with Crippen molar-refractivity contribution in [2.24, 2.45) is 5.92 Å². The summed E-state index contributed by atoms with van der Waals surface area (Å²) < 4.78 is 5.10. The van der Waals surface area contributed by atoms with Crippen LogP contribution in [0.25, 0.3) is 0 Å². The number of alkyl carbamates (subject to hydrolysis) is 1. The molecule has 0 aromatic carbocycles. The van der Waals surface area contributed by atoms with E-state index < -0.39 is 5.60 Å². The SMILES string of the molecule is C=C[C@@H]1C[C@H]1NC(=O)OC(C)(C)C.O=CO. The van der Waals surface area contributed by atoms with E-state index in [9.17, 15) is 4.79 Å². The highest BCUT2D eigenvalue weighted by atomic mass is 16.6. The fourth-order valence-electron chi connectivity index (χ4n) is 1.10. The molecular formula is C11H19NO4. The Kier molecular flexibility index (Phi) is 5.56. The van der Waals surface area contributed by atoms with Crippen LogP contribution in [-0.4, -0.2) is 29.3 Å². The molecule has 0 aliphatic heterocycles. The lowest BCUT2D eigenvalue weighted by Crippen LogP contribution is -2.34. The molecule has 1 saturated carbocycles. The molecule has 0 aromatic rings. The van der Waals surface area contributed by atoms with E-state index in [2.05, 4.69) is 11.9 Å². The van der Waals surface area contributed by atoms with Crippen LogP contribution in [0.4, 0.5) is 4.79 Å². The number of carbonyl (C=O) groups is 2. The molecule has 1 aliphatic carbocycles. The fourth-order valence-corrected chi connectivity index (χ4v) is 1.10. The Morgan fingerprint density at radius 2 is 2.06 bits per heavy atom. The summed E-state index contributed by atoms with van der Waals surface area (Å²) in [6.07, 6.45) is 2.52. The first-order valence-electron chi connectivity index (χ1n) is 5.04. The molecule has 1 fully saturated rings. The highest BCUT2D eigenvalue weighted by molar-refractivity contribution is 5.68. The van der Waals surface area contributed by atoms with Crippen molar-refractivity contribution in [2.75, 3.05) is 0 Å². The van der Waals surface area contributed by atoms with Crippen LogP contribution in [0.1, 0.15) is 27.2 Å². The first-order valence-corrected chi connectivity index (χ1v) is 5.04. The maximum atomic E-state index is 11.2. The van der Waals surface area contributed by atoms with Crippen molar-refractivity contribution >= 4 is 12.6 Å². The summed E-state index contributed by atoms with van der Waals surface area (Å²) >= 11 is 0. The van der Waals surface area contributed by atoms with Crippen LogP contribution in [-0.2, 0) is 9.53 Å². The Bertz CT molecular complexity index is 257. The van der Waals surface area contributed by atoms with Crippen LogP contribution >= 0.6 is 0 Å². The lowest BCUT2D eigenvalue weighted by atomic mass is 10.2. The number of hydrogen-bond acceptors (Lipinski definition) is 3. The molecule has 2 atom stereocenters. The third kappa shape index (κ3) is 6.86. The van der Waals surface area contributed by atoms with E-state index in [1.165, 1.54) is 0 Å². The van der Waals surface area contributed by atoms with Crippen LogP contribution in [0.2, 0.25) is 0 Å². The molecule has 0 unspecified atom stereocenters. The second-order valence-corrected chi connectivity index (χ2v) is 4.49. The van der Waals surface area contributed by atoms with Crippen molar-refractivity contribution in [3.63, 3.8) is 0 Å². The molecule has 1 rings (SSSR count). The maximum Gasteiger partial charge on any atom is 0.407 e. The van der Waals surface area contributed by atoms with E-state index in [1.54, 1.807) is 0 Å². The van der Waals surface area contributed by atoms with E-state index in [1.807, 2.05) is 26.8 Å². The Labute approximate surface area is 95.5 Å². The summed E-state index contributed by atoms with van der Waals surface area (Å²) in [7, 11) is 0. The van der Waals surface area contributed by atoms with Gasteiger partial charge in [0.2, 0.25) is 0 Å². The standard InChI is InChI=1S/C10H17NO2.CH2O2/c1-5-7-6-8(7)11-9(12)13-10(2,3)4;2-1-3/h5,7-8H,1,6H2,2-4H3,(H,11,12);1H,(H,2,3)/t7-,8-;/m1./s1. The van der Waals surface area contributed by atoms with E-state index in [0.29, 0.717) is 5.92 Å². The quantitative estimate of drug-likeness (QED) is 0.559. The highest BCUT2D eigenvalue weighted by Crippen LogP contribution is 2.31. The van der Waals surface area contributed by atoms with E-state index in [4.69, 9.17) is 14.6 Å². The molecule has 0 spiro atoms. The lowest BCUT2D eigenvalue weighted by Gasteiger charge is -2.19.